The van der Waals surface area contributed by atoms with Gasteiger partial charge in [0, 0.05) is 11.8 Å². The zero-order chi connectivity index (χ0) is 8.44. The molecule has 0 saturated heterocycles. The Bertz CT molecular complexity index is 299. The van der Waals surface area contributed by atoms with Gasteiger partial charge in [-0.05, 0) is 18.4 Å². The zero-order valence-electron chi connectivity index (χ0n) is 7.09. The van der Waals surface area contributed by atoms with Crippen molar-refractivity contribution < 1.29 is 0 Å². The van der Waals surface area contributed by atoms with E-state index in [0.717, 1.165) is 6.42 Å². The summed E-state index contributed by atoms with van der Waals surface area (Å²) in [7, 11) is 0. The maximum absolute atomic E-state index is 5.34. The molecule has 1 saturated carbocycles. The molecule has 0 radical (unpaired) electrons. The summed E-state index contributed by atoms with van der Waals surface area (Å²) in [5.41, 5.74) is 1.78. The molecule has 0 heteroatoms. The zero-order valence-corrected chi connectivity index (χ0v) is 7.09. The van der Waals surface area contributed by atoms with Gasteiger partial charge < -0.3 is 0 Å². The smallest absolute Gasteiger partial charge is 0.0183 e. The molecule has 0 unspecified atom stereocenters. The second-order valence-corrected chi connectivity index (χ2v) is 3.53. The van der Waals surface area contributed by atoms with Crippen LogP contribution in [-0.2, 0) is 5.41 Å². The van der Waals surface area contributed by atoms with Crippen LogP contribution in [0.5, 0.6) is 0 Å². The average molecular weight is 156 g/mol. The van der Waals surface area contributed by atoms with Crippen molar-refractivity contribution in [3.63, 3.8) is 0 Å². The van der Waals surface area contributed by atoms with Crippen molar-refractivity contribution in [3.05, 3.63) is 35.9 Å². The monoisotopic (exact) mass is 156 g/mol. The number of terminal acetylenes is 1. The van der Waals surface area contributed by atoms with Gasteiger partial charge in [0.15, 0.2) is 0 Å². The highest BCUT2D eigenvalue weighted by Gasteiger charge is 2.42. The minimum Gasteiger partial charge on any atom is -0.120 e. The Morgan fingerprint density at radius 2 is 1.92 bits per heavy atom. The normalized spacial score (nSPS) is 18.2. The molecule has 0 bridgehead atoms. The SMILES string of the molecule is C#CCC1(c2ccccc2)CC1. The summed E-state index contributed by atoms with van der Waals surface area (Å²) in [5.74, 6) is 2.77. The molecule has 1 fully saturated rings. The molecule has 1 aliphatic carbocycles. The second kappa shape index (κ2) is 2.68. The third-order valence-electron chi connectivity index (χ3n) is 2.68. The number of rotatable bonds is 2. The maximum atomic E-state index is 5.34. The Balaban J connectivity index is 2.26. The minimum atomic E-state index is 0.357. The minimum absolute atomic E-state index is 0.357. The molecule has 2 rings (SSSR count). The van der Waals surface area contributed by atoms with Gasteiger partial charge in [0.1, 0.15) is 0 Å². The predicted octanol–water partition coefficient (Wildman–Crippen LogP) is 2.74. The molecule has 0 aromatic heterocycles. The van der Waals surface area contributed by atoms with E-state index in [-0.39, 0.29) is 0 Å². The molecule has 0 amide bonds. The fourth-order valence-electron chi connectivity index (χ4n) is 1.71. The molecule has 1 aromatic rings. The molecule has 1 aromatic carbocycles. The summed E-state index contributed by atoms with van der Waals surface area (Å²) < 4.78 is 0. The van der Waals surface area contributed by atoms with Crippen LogP contribution in [0.25, 0.3) is 0 Å². The first-order valence-corrected chi connectivity index (χ1v) is 4.36. The van der Waals surface area contributed by atoms with Gasteiger partial charge in [-0.15, -0.1) is 12.3 Å². The quantitative estimate of drug-likeness (QED) is 0.577. The van der Waals surface area contributed by atoms with E-state index in [1.807, 2.05) is 0 Å². The van der Waals surface area contributed by atoms with Gasteiger partial charge in [0.05, 0.1) is 0 Å². The highest BCUT2D eigenvalue weighted by atomic mass is 14.5. The highest BCUT2D eigenvalue weighted by Crippen LogP contribution is 2.50. The number of benzene rings is 1. The molecule has 60 valence electrons. The van der Waals surface area contributed by atoms with Gasteiger partial charge in [0.25, 0.3) is 0 Å². The van der Waals surface area contributed by atoms with E-state index in [4.69, 9.17) is 6.42 Å². The largest absolute Gasteiger partial charge is 0.120 e. The van der Waals surface area contributed by atoms with E-state index in [2.05, 4.69) is 36.3 Å². The maximum Gasteiger partial charge on any atom is 0.0183 e. The third kappa shape index (κ3) is 1.12. The summed E-state index contributed by atoms with van der Waals surface area (Å²) in [5, 5.41) is 0. The molecule has 0 atom stereocenters. The lowest BCUT2D eigenvalue weighted by Gasteiger charge is -2.10. The molecule has 12 heavy (non-hydrogen) atoms. The first-order chi connectivity index (χ1) is 5.87. The summed E-state index contributed by atoms with van der Waals surface area (Å²) in [6.07, 6.45) is 8.77. The molecular weight excluding hydrogens is 144 g/mol. The van der Waals surface area contributed by atoms with Gasteiger partial charge in [-0.2, -0.15) is 0 Å². The Hall–Kier alpha value is -1.22. The van der Waals surface area contributed by atoms with Crippen LogP contribution in [0.1, 0.15) is 24.8 Å². The molecule has 0 nitrogen and oxygen atoms in total. The summed E-state index contributed by atoms with van der Waals surface area (Å²) in [4.78, 5) is 0. The lowest BCUT2D eigenvalue weighted by molar-refractivity contribution is 0.721. The van der Waals surface area contributed by atoms with Crippen molar-refractivity contribution in [3.8, 4) is 12.3 Å². The highest BCUT2D eigenvalue weighted by molar-refractivity contribution is 5.32. The van der Waals surface area contributed by atoms with Crippen molar-refractivity contribution in [2.45, 2.75) is 24.7 Å². The van der Waals surface area contributed by atoms with E-state index < -0.39 is 0 Å². The first-order valence-electron chi connectivity index (χ1n) is 4.36. The van der Waals surface area contributed by atoms with Crippen molar-refractivity contribution in [2.24, 2.45) is 0 Å². The molecule has 0 spiro atoms. The van der Waals surface area contributed by atoms with Crippen LogP contribution in [0.15, 0.2) is 30.3 Å². The molecular formula is C12H12. The van der Waals surface area contributed by atoms with Crippen LogP contribution < -0.4 is 0 Å². The Kier molecular flexibility index (Phi) is 1.66. The van der Waals surface area contributed by atoms with Gasteiger partial charge in [-0.1, -0.05) is 30.3 Å². The van der Waals surface area contributed by atoms with E-state index in [1.54, 1.807) is 0 Å². The Labute approximate surface area is 73.6 Å². The summed E-state index contributed by atoms with van der Waals surface area (Å²) >= 11 is 0. The Morgan fingerprint density at radius 1 is 1.25 bits per heavy atom. The standard InChI is InChI=1S/C12H12/c1-2-8-12(9-10-12)11-6-4-3-5-7-11/h1,3-7H,8-10H2. The first kappa shape index (κ1) is 7.43. The van der Waals surface area contributed by atoms with Gasteiger partial charge in [-0.25, -0.2) is 0 Å². The lowest BCUT2D eigenvalue weighted by atomic mass is 9.93. The molecule has 0 N–H and O–H groups in total. The topological polar surface area (TPSA) is 0 Å². The molecule has 0 heterocycles. The summed E-state index contributed by atoms with van der Waals surface area (Å²) in [6.45, 7) is 0. The van der Waals surface area contributed by atoms with Crippen molar-refractivity contribution >= 4 is 0 Å². The van der Waals surface area contributed by atoms with Crippen LogP contribution >= 0.6 is 0 Å². The van der Waals surface area contributed by atoms with E-state index in [0.29, 0.717) is 5.41 Å². The third-order valence-corrected chi connectivity index (χ3v) is 2.68. The lowest BCUT2D eigenvalue weighted by Crippen LogP contribution is -2.04. The van der Waals surface area contributed by atoms with Gasteiger partial charge in [-0.3, -0.25) is 0 Å². The van der Waals surface area contributed by atoms with Gasteiger partial charge >= 0.3 is 0 Å². The van der Waals surface area contributed by atoms with E-state index in [9.17, 15) is 0 Å². The predicted molar refractivity (Wildman–Crippen MR) is 50.8 cm³/mol. The average Bonchev–Trinajstić information content (AvgIpc) is 2.88. The number of hydrogen-bond donors (Lipinski definition) is 0. The van der Waals surface area contributed by atoms with Crippen LogP contribution in [0.2, 0.25) is 0 Å². The summed E-state index contributed by atoms with van der Waals surface area (Å²) in [6, 6.07) is 10.6. The fraction of sp³-hybridized carbons (Fsp3) is 0.333. The number of hydrogen-bond acceptors (Lipinski definition) is 0. The van der Waals surface area contributed by atoms with Crippen molar-refractivity contribution in [2.75, 3.05) is 0 Å². The second-order valence-electron chi connectivity index (χ2n) is 3.53. The van der Waals surface area contributed by atoms with Crippen molar-refractivity contribution in [1.29, 1.82) is 0 Å². The molecule has 0 aliphatic heterocycles. The van der Waals surface area contributed by atoms with Gasteiger partial charge in [0.2, 0.25) is 0 Å². The van der Waals surface area contributed by atoms with Crippen LogP contribution in [0.3, 0.4) is 0 Å². The van der Waals surface area contributed by atoms with Crippen LogP contribution in [-0.4, -0.2) is 0 Å². The van der Waals surface area contributed by atoms with Crippen molar-refractivity contribution in [1.82, 2.24) is 0 Å². The van der Waals surface area contributed by atoms with Crippen LogP contribution in [0.4, 0.5) is 0 Å². The van der Waals surface area contributed by atoms with E-state index in [1.165, 1.54) is 18.4 Å². The van der Waals surface area contributed by atoms with Crippen LogP contribution in [0, 0.1) is 12.3 Å². The van der Waals surface area contributed by atoms with E-state index >= 15 is 0 Å². The Morgan fingerprint density at radius 3 is 2.42 bits per heavy atom. The fourth-order valence-corrected chi connectivity index (χ4v) is 1.71. The molecule has 1 aliphatic rings.